The van der Waals surface area contributed by atoms with E-state index in [9.17, 15) is 4.79 Å². The first-order chi connectivity index (χ1) is 10.7. The van der Waals surface area contributed by atoms with Gasteiger partial charge in [0.2, 0.25) is 5.89 Å². The first kappa shape index (κ1) is 14.8. The lowest BCUT2D eigenvalue weighted by molar-refractivity contribution is 0.0745. The molecular weight excluding hydrogens is 304 g/mol. The Kier molecular flexibility index (Phi) is 4.29. The van der Waals surface area contributed by atoms with Gasteiger partial charge >= 0.3 is 6.01 Å². The van der Waals surface area contributed by atoms with Gasteiger partial charge in [-0.15, -0.1) is 5.10 Å². The summed E-state index contributed by atoms with van der Waals surface area (Å²) in [7, 11) is 0. The highest BCUT2D eigenvalue weighted by Crippen LogP contribution is 2.17. The number of anilines is 1. The fourth-order valence-corrected chi connectivity index (χ4v) is 2.61. The van der Waals surface area contributed by atoms with Gasteiger partial charge in [0.25, 0.3) is 5.91 Å². The number of nitrogens with zero attached hydrogens (tertiary/aromatic N) is 4. The molecule has 116 valence electrons. The molecule has 1 aliphatic rings. The van der Waals surface area contributed by atoms with Gasteiger partial charge in [0.15, 0.2) is 0 Å². The van der Waals surface area contributed by atoms with Gasteiger partial charge in [-0.1, -0.05) is 29.7 Å². The molecule has 1 saturated heterocycles. The van der Waals surface area contributed by atoms with Crippen molar-refractivity contribution in [2.24, 2.45) is 0 Å². The first-order valence-electron chi connectivity index (χ1n) is 7.29. The van der Waals surface area contributed by atoms with Crippen molar-refractivity contribution in [2.45, 2.75) is 13.3 Å². The van der Waals surface area contributed by atoms with Crippen LogP contribution in [0, 0.1) is 0 Å². The Morgan fingerprint density at radius 3 is 2.68 bits per heavy atom. The molecule has 0 spiro atoms. The van der Waals surface area contributed by atoms with Crippen LogP contribution in [-0.2, 0) is 6.42 Å². The summed E-state index contributed by atoms with van der Waals surface area (Å²) < 4.78 is 5.55. The van der Waals surface area contributed by atoms with E-state index in [0.717, 1.165) is 6.42 Å². The van der Waals surface area contributed by atoms with Crippen LogP contribution < -0.4 is 4.90 Å². The topological polar surface area (TPSA) is 62.5 Å². The van der Waals surface area contributed by atoms with E-state index in [1.165, 1.54) is 0 Å². The number of amides is 1. The number of hydrogen-bond acceptors (Lipinski definition) is 5. The number of aryl methyl sites for hydroxylation is 1. The van der Waals surface area contributed by atoms with E-state index in [2.05, 4.69) is 10.2 Å². The van der Waals surface area contributed by atoms with Crippen molar-refractivity contribution in [1.29, 1.82) is 0 Å². The number of piperazine rings is 1. The van der Waals surface area contributed by atoms with E-state index < -0.39 is 0 Å². The SMILES string of the molecule is CCc1nnc(N2CCN(C(=O)c3cccc(Cl)c3)CC2)o1. The summed E-state index contributed by atoms with van der Waals surface area (Å²) in [4.78, 5) is 16.3. The summed E-state index contributed by atoms with van der Waals surface area (Å²) in [5.74, 6) is 0.634. The summed E-state index contributed by atoms with van der Waals surface area (Å²) >= 11 is 5.94. The number of halogens is 1. The lowest BCUT2D eigenvalue weighted by Gasteiger charge is -2.33. The molecule has 7 heteroatoms. The van der Waals surface area contributed by atoms with E-state index in [1.807, 2.05) is 16.7 Å². The van der Waals surface area contributed by atoms with Crippen LogP contribution in [-0.4, -0.2) is 47.2 Å². The van der Waals surface area contributed by atoms with Gasteiger partial charge in [0.05, 0.1) is 0 Å². The van der Waals surface area contributed by atoms with E-state index in [0.29, 0.717) is 48.7 Å². The predicted molar refractivity (Wildman–Crippen MR) is 83.2 cm³/mol. The summed E-state index contributed by atoms with van der Waals surface area (Å²) in [5.41, 5.74) is 0.618. The fourth-order valence-electron chi connectivity index (χ4n) is 2.42. The van der Waals surface area contributed by atoms with Crippen molar-refractivity contribution in [2.75, 3.05) is 31.1 Å². The van der Waals surface area contributed by atoms with E-state index in [-0.39, 0.29) is 5.91 Å². The minimum absolute atomic E-state index is 0.00178. The lowest BCUT2D eigenvalue weighted by Crippen LogP contribution is -2.48. The third-order valence-electron chi connectivity index (χ3n) is 3.67. The predicted octanol–water partition coefficient (Wildman–Crippen LogP) is 2.25. The van der Waals surface area contributed by atoms with Crippen LogP contribution in [0.3, 0.4) is 0 Å². The van der Waals surface area contributed by atoms with Gasteiger partial charge in [0, 0.05) is 43.2 Å². The zero-order chi connectivity index (χ0) is 15.5. The molecule has 3 rings (SSSR count). The molecule has 2 heterocycles. The molecule has 1 fully saturated rings. The Morgan fingerprint density at radius 1 is 1.27 bits per heavy atom. The molecule has 6 nitrogen and oxygen atoms in total. The molecule has 22 heavy (non-hydrogen) atoms. The smallest absolute Gasteiger partial charge is 0.318 e. The van der Waals surface area contributed by atoms with Crippen LogP contribution in [0.25, 0.3) is 0 Å². The normalized spacial score (nSPS) is 15.2. The number of hydrogen-bond donors (Lipinski definition) is 0. The highest BCUT2D eigenvalue weighted by atomic mass is 35.5. The first-order valence-corrected chi connectivity index (χ1v) is 7.67. The molecule has 2 aromatic rings. The van der Waals surface area contributed by atoms with Gasteiger partial charge in [-0.25, -0.2) is 0 Å². The molecule has 1 aromatic carbocycles. The number of carbonyl (C=O) groups excluding carboxylic acids is 1. The van der Waals surface area contributed by atoms with Crippen molar-refractivity contribution in [3.05, 3.63) is 40.7 Å². The second-order valence-corrected chi connectivity index (χ2v) is 5.56. The van der Waals surface area contributed by atoms with Gasteiger partial charge in [-0.3, -0.25) is 4.79 Å². The number of rotatable bonds is 3. The van der Waals surface area contributed by atoms with Gasteiger partial charge in [-0.05, 0) is 18.2 Å². The van der Waals surface area contributed by atoms with Crippen LogP contribution in [0.2, 0.25) is 5.02 Å². The second kappa shape index (κ2) is 6.36. The molecule has 1 amide bonds. The Balaban J connectivity index is 1.62. The monoisotopic (exact) mass is 320 g/mol. The van der Waals surface area contributed by atoms with Crippen LogP contribution in [0.1, 0.15) is 23.2 Å². The molecule has 1 aliphatic heterocycles. The van der Waals surface area contributed by atoms with Crippen molar-refractivity contribution < 1.29 is 9.21 Å². The second-order valence-electron chi connectivity index (χ2n) is 5.12. The molecule has 0 radical (unpaired) electrons. The molecule has 0 atom stereocenters. The van der Waals surface area contributed by atoms with E-state index >= 15 is 0 Å². The Hall–Kier alpha value is -2.08. The fraction of sp³-hybridized carbons (Fsp3) is 0.400. The average Bonchev–Trinajstić information content (AvgIpc) is 3.03. The Morgan fingerprint density at radius 2 is 2.05 bits per heavy atom. The summed E-state index contributed by atoms with van der Waals surface area (Å²) in [6.45, 7) is 4.57. The zero-order valence-corrected chi connectivity index (χ0v) is 13.1. The van der Waals surface area contributed by atoms with Crippen molar-refractivity contribution in [3.63, 3.8) is 0 Å². The quantitative estimate of drug-likeness (QED) is 0.868. The highest BCUT2D eigenvalue weighted by molar-refractivity contribution is 6.30. The third-order valence-corrected chi connectivity index (χ3v) is 3.90. The lowest BCUT2D eigenvalue weighted by atomic mass is 10.2. The standard InChI is InChI=1S/C15H17ClN4O2/c1-2-13-17-18-15(22-13)20-8-6-19(7-9-20)14(21)11-4-3-5-12(16)10-11/h3-5,10H,2,6-9H2,1H3. The van der Waals surface area contributed by atoms with Gasteiger partial charge < -0.3 is 14.2 Å². The highest BCUT2D eigenvalue weighted by Gasteiger charge is 2.24. The van der Waals surface area contributed by atoms with Crippen LogP contribution in [0.5, 0.6) is 0 Å². The minimum Gasteiger partial charge on any atom is -0.408 e. The average molecular weight is 321 g/mol. The molecule has 0 saturated carbocycles. The van der Waals surface area contributed by atoms with Crippen LogP contribution in [0.15, 0.2) is 28.7 Å². The molecule has 1 aromatic heterocycles. The largest absolute Gasteiger partial charge is 0.408 e. The van der Waals surface area contributed by atoms with Crippen LogP contribution in [0.4, 0.5) is 6.01 Å². The summed E-state index contributed by atoms with van der Waals surface area (Å²) in [5, 5.41) is 8.58. The van der Waals surface area contributed by atoms with E-state index in [1.54, 1.807) is 24.3 Å². The minimum atomic E-state index is 0.00178. The van der Waals surface area contributed by atoms with Crippen molar-refractivity contribution in [3.8, 4) is 0 Å². The number of carbonyl (C=O) groups is 1. The molecule has 0 aliphatic carbocycles. The van der Waals surface area contributed by atoms with Gasteiger partial charge in [-0.2, -0.15) is 0 Å². The van der Waals surface area contributed by atoms with Gasteiger partial charge in [0.1, 0.15) is 0 Å². The Labute approximate surface area is 133 Å². The zero-order valence-electron chi connectivity index (χ0n) is 12.3. The summed E-state index contributed by atoms with van der Waals surface area (Å²) in [6.07, 6.45) is 0.722. The maximum absolute atomic E-state index is 12.4. The number of benzene rings is 1. The molecular formula is C15H17ClN4O2. The molecule has 0 N–H and O–H groups in total. The summed E-state index contributed by atoms with van der Waals surface area (Å²) in [6, 6.07) is 7.56. The van der Waals surface area contributed by atoms with Crippen molar-refractivity contribution in [1.82, 2.24) is 15.1 Å². The Bertz CT molecular complexity index is 665. The molecule has 0 bridgehead atoms. The maximum Gasteiger partial charge on any atom is 0.318 e. The maximum atomic E-state index is 12.4. The van der Waals surface area contributed by atoms with Crippen LogP contribution >= 0.6 is 11.6 Å². The third kappa shape index (κ3) is 3.06. The van der Waals surface area contributed by atoms with Crippen molar-refractivity contribution >= 4 is 23.5 Å². The number of aromatic nitrogens is 2. The molecule has 0 unspecified atom stereocenters. The van der Waals surface area contributed by atoms with E-state index in [4.69, 9.17) is 16.0 Å².